The first kappa shape index (κ1) is 22.2. The third-order valence-electron chi connectivity index (χ3n) is 4.49. The van der Waals surface area contributed by atoms with Crippen molar-refractivity contribution in [3.63, 3.8) is 0 Å². The smallest absolute Gasteiger partial charge is 0.408 e. The Labute approximate surface area is 182 Å². The van der Waals surface area contributed by atoms with Gasteiger partial charge in [-0.15, -0.1) is 0 Å². The number of nitrogens with one attached hydrogen (secondary N) is 2. The highest BCUT2D eigenvalue weighted by atomic mass is 16.6. The normalized spacial score (nSPS) is 12.1. The fourth-order valence-electron chi connectivity index (χ4n) is 3.06. The van der Waals surface area contributed by atoms with Crippen LogP contribution in [0.1, 0.15) is 44.5 Å². The van der Waals surface area contributed by atoms with E-state index in [4.69, 9.17) is 9.47 Å². The first-order valence-corrected chi connectivity index (χ1v) is 10.2. The number of hydrogen-bond donors (Lipinski definition) is 2. The van der Waals surface area contributed by atoms with E-state index in [1.165, 1.54) is 0 Å². The summed E-state index contributed by atoms with van der Waals surface area (Å²) in [5.41, 5.74) is 2.95. The van der Waals surface area contributed by atoms with Crippen molar-refractivity contribution in [2.75, 3.05) is 0 Å². The Morgan fingerprint density at radius 2 is 1.61 bits per heavy atom. The third-order valence-corrected chi connectivity index (χ3v) is 4.49. The highest BCUT2D eigenvalue weighted by Crippen LogP contribution is 2.25. The molecule has 0 bridgehead atoms. The van der Waals surface area contributed by atoms with Crippen LogP contribution in [0.15, 0.2) is 72.9 Å². The number of H-pyrrole nitrogens is 1. The summed E-state index contributed by atoms with van der Waals surface area (Å²) in [4.78, 5) is 28.1. The molecule has 3 aromatic rings. The molecule has 1 unspecified atom stereocenters. The van der Waals surface area contributed by atoms with Crippen molar-refractivity contribution in [3.8, 4) is 11.1 Å². The molecular weight excluding hydrogens is 392 g/mol. The van der Waals surface area contributed by atoms with Gasteiger partial charge in [0, 0.05) is 11.9 Å². The monoisotopic (exact) mass is 420 g/mol. The standard InChI is InChI=1S/C25H28N2O4/c1-25(2,3)31-24(29)27-22(15-23(28)30-17-18-10-6-4-7-11-18)21-14-20(16-26-21)19-12-8-5-9-13-19/h4-14,16,22,26H,15,17H2,1-3H3,(H,27,29). The van der Waals surface area contributed by atoms with E-state index >= 15 is 0 Å². The first-order chi connectivity index (χ1) is 14.8. The van der Waals surface area contributed by atoms with Crippen LogP contribution in [0.2, 0.25) is 0 Å². The summed E-state index contributed by atoms with van der Waals surface area (Å²) >= 11 is 0. The number of hydrogen-bond acceptors (Lipinski definition) is 4. The quantitative estimate of drug-likeness (QED) is 0.503. The Bertz CT molecular complexity index is 991. The Morgan fingerprint density at radius 1 is 0.968 bits per heavy atom. The van der Waals surface area contributed by atoms with Gasteiger partial charge in [-0.3, -0.25) is 4.79 Å². The van der Waals surface area contributed by atoms with Crippen molar-refractivity contribution >= 4 is 12.1 Å². The summed E-state index contributed by atoms with van der Waals surface area (Å²) in [5.74, 6) is -0.416. The van der Waals surface area contributed by atoms with Gasteiger partial charge in [-0.1, -0.05) is 60.7 Å². The zero-order valence-corrected chi connectivity index (χ0v) is 18.1. The van der Waals surface area contributed by atoms with Gasteiger partial charge < -0.3 is 19.8 Å². The van der Waals surface area contributed by atoms with E-state index in [0.717, 1.165) is 16.7 Å². The minimum absolute atomic E-state index is 0.0270. The number of carbonyl (C=O) groups is 2. The molecule has 0 spiro atoms. The summed E-state index contributed by atoms with van der Waals surface area (Å²) in [7, 11) is 0. The van der Waals surface area contributed by atoms with Crippen molar-refractivity contribution in [2.24, 2.45) is 0 Å². The number of alkyl carbamates (subject to hydrolysis) is 1. The number of aromatic nitrogens is 1. The van der Waals surface area contributed by atoms with E-state index in [-0.39, 0.29) is 13.0 Å². The van der Waals surface area contributed by atoms with Crippen molar-refractivity contribution in [1.29, 1.82) is 0 Å². The summed E-state index contributed by atoms with van der Waals surface area (Å²) in [6, 6.07) is 20.6. The molecule has 31 heavy (non-hydrogen) atoms. The molecule has 0 saturated heterocycles. The molecule has 0 aliphatic carbocycles. The van der Waals surface area contributed by atoms with Gasteiger partial charge >= 0.3 is 12.1 Å². The van der Waals surface area contributed by atoms with Gasteiger partial charge in [0.2, 0.25) is 0 Å². The molecular formula is C25H28N2O4. The maximum atomic E-state index is 12.5. The van der Waals surface area contributed by atoms with E-state index in [1.54, 1.807) is 20.8 Å². The molecule has 0 saturated carbocycles. The number of amides is 1. The Morgan fingerprint density at radius 3 is 2.26 bits per heavy atom. The Hall–Kier alpha value is -3.54. The lowest BCUT2D eigenvalue weighted by Crippen LogP contribution is -2.36. The zero-order valence-electron chi connectivity index (χ0n) is 18.1. The van der Waals surface area contributed by atoms with Crippen molar-refractivity contribution in [1.82, 2.24) is 10.3 Å². The average molecular weight is 421 g/mol. The van der Waals surface area contributed by atoms with Gasteiger partial charge in [0.15, 0.2) is 0 Å². The van der Waals surface area contributed by atoms with Gasteiger partial charge in [0.1, 0.15) is 12.2 Å². The maximum absolute atomic E-state index is 12.5. The molecule has 0 fully saturated rings. The second-order valence-corrected chi connectivity index (χ2v) is 8.26. The number of esters is 1. The lowest BCUT2D eigenvalue weighted by atomic mass is 10.1. The Balaban J connectivity index is 1.72. The zero-order chi connectivity index (χ0) is 22.3. The molecule has 1 aromatic heterocycles. The molecule has 2 aromatic carbocycles. The maximum Gasteiger partial charge on any atom is 0.408 e. The van der Waals surface area contributed by atoms with Gasteiger partial charge in [0.25, 0.3) is 0 Å². The molecule has 3 rings (SSSR count). The van der Waals surface area contributed by atoms with Crippen LogP contribution in [0.5, 0.6) is 0 Å². The summed E-state index contributed by atoms with van der Waals surface area (Å²) < 4.78 is 10.8. The van der Waals surface area contributed by atoms with Gasteiger partial charge in [-0.2, -0.15) is 0 Å². The molecule has 1 atom stereocenters. The number of ether oxygens (including phenoxy) is 2. The lowest BCUT2D eigenvalue weighted by molar-refractivity contribution is -0.145. The topological polar surface area (TPSA) is 80.4 Å². The number of aromatic amines is 1. The van der Waals surface area contributed by atoms with E-state index in [2.05, 4.69) is 10.3 Å². The molecule has 162 valence electrons. The number of carbonyl (C=O) groups excluding carboxylic acids is 2. The van der Waals surface area contributed by atoms with Crippen LogP contribution in [0.4, 0.5) is 4.79 Å². The van der Waals surface area contributed by atoms with Crippen LogP contribution in [0.25, 0.3) is 11.1 Å². The largest absolute Gasteiger partial charge is 0.461 e. The van der Waals surface area contributed by atoms with Gasteiger partial charge in [-0.05, 0) is 43.5 Å². The van der Waals surface area contributed by atoms with Crippen LogP contribution >= 0.6 is 0 Å². The highest BCUT2D eigenvalue weighted by molar-refractivity contribution is 5.74. The molecule has 0 radical (unpaired) electrons. The highest BCUT2D eigenvalue weighted by Gasteiger charge is 2.24. The fraction of sp³-hybridized carbons (Fsp3) is 0.280. The summed E-state index contributed by atoms with van der Waals surface area (Å²) in [6.07, 6.45) is 1.23. The van der Waals surface area contributed by atoms with Crippen molar-refractivity contribution < 1.29 is 19.1 Å². The average Bonchev–Trinajstić information content (AvgIpc) is 3.22. The summed E-state index contributed by atoms with van der Waals surface area (Å²) in [5, 5.41) is 2.79. The van der Waals surface area contributed by atoms with E-state index < -0.39 is 23.7 Å². The lowest BCUT2D eigenvalue weighted by Gasteiger charge is -2.23. The summed E-state index contributed by atoms with van der Waals surface area (Å²) in [6.45, 7) is 5.55. The number of benzene rings is 2. The molecule has 0 aliphatic rings. The van der Waals surface area contributed by atoms with Crippen LogP contribution in [-0.4, -0.2) is 22.6 Å². The SMILES string of the molecule is CC(C)(C)OC(=O)NC(CC(=O)OCc1ccccc1)c1cc(-c2ccccc2)c[nH]1. The first-order valence-electron chi connectivity index (χ1n) is 10.2. The van der Waals surface area contributed by atoms with Gasteiger partial charge in [-0.25, -0.2) is 4.79 Å². The predicted octanol–water partition coefficient (Wildman–Crippen LogP) is 5.38. The van der Waals surface area contributed by atoms with Crippen molar-refractivity contribution in [2.45, 2.75) is 45.4 Å². The minimum Gasteiger partial charge on any atom is -0.461 e. The minimum atomic E-state index is -0.645. The Kier molecular flexibility index (Phi) is 7.13. The second kappa shape index (κ2) is 9.98. The van der Waals surface area contributed by atoms with E-state index in [9.17, 15) is 9.59 Å². The molecule has 0 aliphatic heterocycles. The van der Waals surface area contributed by atoms with Crippen LogP contribution in [-0.2, 0) is 20.9 Å². The van der Waals surface area contributed by atoms with Crippen LogP contribution in [0, 0.1) is 0 Å². The molecule has 6 nitrogen and oxygen atoms in total. The van der Waals surface area contributed by atoms with Gasteiger partial charge in [0.05, 0.1) is 12.5 Å². The second-order valence-electron chi connectivity index (χ2n) is 8.26. The van der Waals surface area contributed by atoms with Crippen molar-refractivity contribution in [3.05, 3.63) is 84.2 Å². The third kappa shape index (κ3) is 7.03. The molecule has 1 amide bonds. The number of rotatable bonds is 7. The molecule has 2 N–H and O–H groups in total. The van der Waals surface area contributed by atoms with Crippen LogP contribution in [0.3, 0.4) is 0 Å². The molecule has 1 heterocycles. The predicted molar refractivity (Wildman–Crippen MR) is 119 cm³/mol. The van der Waals surface area contributed by atoms with Crippen LogP contribution < -0.4 is 5.32 Å². The van der Waals surface area contributed by atoms with E-state index in [1.807, 2.05) is 72.9 Å². The van der Waals surface area contributed by atoms with E-state index in [0.29, 0.717) is 5.69 Å². The molecule has 6 heteroatoms. The fourth-order valence-corrected chi connectivity index (χ4v) is 3.06.